The van der Waals surface area contributed by atoms with Crippen LogP contribution in [0.1, 0.15) is 43.8 Å². The average Bonchev–Trinajstić information content (AvgIpc) is 2.61. The standard InChI is InChI=1S/C20H22N2O5/c1-11(2)20(5,10-21)22-18(24)13(4)26-19(25)17-9-15(23)14-8-12(3)6-7-16(14)27-17/h6-9,11,13H,1-5H3,(H,22,24)/t13-,20-/m1/s1. The molecule has 0 saturated heterocycles. The van der Waals surface area contributed by atoms with E-state index < -0.39 is 23.5 Å². The molecular weight excluding hydrogens is 348 g/mol. The molecular formula is C20H22N2O5. The van der Waals surface area contributed by atoms with Crippen LogP contribution in [0.3, 0.4) is 0 Å². The first kappa shape index (κ1) is 20.2. The lowest BCUT2D eigenvalue weighted by atomic mass is 9.90. The SMILES string of the molecule is Cc1ccc2oc(C(=O)O[C@H](C)C(=O)N[C@](C)(C#N)C(C)C)cc(=O)c2c1. The van der Waals surface area contributed by atoms with Crippen LogP contribution in [0, 0.1) is 24.2 Å². The molecule has 7 nitrogen and oxygen atoms in total. The summed E-state index contributed by atoms with van der Waals surface area (Å²) in [5.41, 5.74) is -0.318. The lowest BCUT2D eigenvalue weighted by Gasteiger charge is -2.28. The van der Waals surface area contributed by atoms with Gasteiger partial charge in [0.15, 0.2) is 11.5 Å². The molecule has 0 radical (unpaired) electrons. The number of hydrogen-bond donors (Lipinski definition) is 1. The average molecular weight is 370 g/mol. The van der Waals surface area contributed by atoms with E-state index in [1.807, 2.05) is 13.0 Å². The molecule has 1 N–H and O–H groups in total. The van der Waals surface area contributed by atoms with E-state index in [9.17, 15) is 19.6 Å². The molecule has 2 aromatic rings. The number of esters is 1. The van der Waals surface area contributed by atoms with E-state index in [1.165, 1.54) is 6.92 Å². The first-order chi connectivity index (χ1) is 12.6. The number of aryl methyl sites for hydroxylation is 1. The zero-order valence-corrected chi connectivity index (χ0v) is 16.0. The van der Waals surface area contributed by atoms with Gasteiger partial charge >= 0.3 is 5.97 Å². The number of nitriles is 1. The Labute approximate surface area is 156 Å². The fourth-order valence-electron chi connectivity index (χ4n) is 2.30. The summed E-state index contributed by atoms with van der Waals surface area (Å²) in [6.07, 6.45) is -1.16. The molecule has 0 aliphatic carbocycles. The number of fused-ring (bicyclic) bond motifs is 1. The summed E-state index contributed by atoms with van der Waals surface area (Å²) in [7, 11) is 0. The minimum absolute atomic E-state index is 0.142. The van der Waals surface area contributed by atoms with E-state index in [-0.39, 0.29) is 22.7 Å². The third-order valence-corrected chi connectivity index (χ3v) is 4.51. The first-order valence-electron chi connectivity index (χ1n) is 8.56. The number of nitrogens with one attached hydrogen (secondary N) is 1. The van der Waals surface area contributed by atoms with Crippen LogP contribution >= 0.6 is 0 Å². The number of hydrogen-bond acceptors (Lipinski definition) is 6. The number of carbonyl (C=O) groups excluding carboxylic acids is 2. The fourth-order valence-corrected chi connectivity index (χ4v) is 2.30. The molecule has 142 valence electrons. The Hall–Kier alpha value is -3.14. The zero-order valence-electron chi connectivity index (χ0n) is 16.0. The minimum atomic E-state index is -1.16. The van der Waals surface area contributed by atoms with Crippen molar-refractivity contribution in [2.24, 2.45) is 5.92 Å². The van der Waals surface area contributed by atoms with Crippen LogP contribution in [-0.4, -0.2) is 23.5 Å². The van der Waals surface area contributed by atoms with Crippen LogP contribution in [0.5, 0.6) is 0 Å². The third-order valence-electron chi connectivity index (χ3n) is 4.51. The van der Waals surface area contributed by atoms with Crippen molar-refractivity contribution in [3.8, 4) is 6.07 Å². The van der Waals surface area contributed by atoms with E-state index in [1.54, 1.807) is 39.0 Å². The summed E-state index contributed by atoms with van der Waals surface area (Å²) in [5.74, 6) is -1.97. The van der Waals surface area contributed by atoms with Crippen molar-refractivity contribution in [3.63, 3.8) is 0 Å². The van der Waals surface area contributed by atoms with Crippen molar-refractivity contribution < 1.29 is 18.7 Å². The second-order valence-corrected chi connectivity index (χ2v) is 6.98. The Morgan fingerprint density at radius 2 is 1.93 bits per heavy atom. The zero-order chi connectivity index (χ0) is 20.4. The van der Waals surface area contributed by atoms with Gasteiger partial charge in [0.2, 0.25) is 5.76 Å². The maximum Gasteiger partial charge on any atom is 0.375 e. The number of nitrogens with zero attached hydrogens (tertiary/aromatic N) is 1. The maximum absolute atomic E-state index is 12.3. The van der Waals surface area contributed by atoms with Crippen molar-refractivity contribution in [2.75, 3.05) is 0 Å². The van der Waals surface area contributed by atoms with Gasteiger partial charge in [0, 0.05) is 6.07 Å². The molecule has 0 bridgehead atoms. The van der Waals surface area contributed by atoms with Crippen molar-refractivity contribution >= 4 is 22.8 Å². The van der Waals surface area contributed by atoms with Gasteiger partial charge in [-0.3, -0.25) is 9.59 Å². The van der Waals surface area contributed by atoms with Crippen molar-refractivity contribution in [3.05, 3.63) is 45.8 Å². The highest BCUT2D eigenvalue weighted by molar-refractivity contribution is 5.91. The molecule has 0 unspecified atom stereocenters. The molecule has 1 aromatic carbocycles. The number of ether oxygens (including phenoxy) is 1. The molecule has 1 amide bonds. The van der Waals surface area contributed by atoms with Gasteiger partial charge in [0.05, 0.1) is 11.5 Å². The predicted octanol–water partition coefficient (Wildman–Crippen LogP) is 2.70. The normalized spacial score (nSPS) is 14.3. The lowest BCUT2D eigenvalue weighted by Crippen LogP contribution is -2.52. The van der Waals surface area contributed by atoms with Gasteiger partial charge in [0.25, 0.3) is 5.91 Å². The second-order valence-electron chi connectivity index (χ2n) is 6.98. The number of amides is 1. The van der Waals surface area contributed by atoms with E-state index in [4.69, 9.17) is 9.15 Å². The van der Waals surface area contributed by atoms with Crippen LogP contribution in [-0.2, 0) is 9.53 Å². The Morgan fingerprint density at radius 3 is 2.52 bits per heavy atom. The van der Waals surface area contributed by atoms with E-state index in [0.717, 1.165) is 11.6 Å². The van der Waals surface area contributed by atoms with E-state index >= 15 is 0 Å². The summed E-state index contributed by atoms with van der Waals surface area (Å²) < 4.78 is 10.5. The topological polar surface area (TPSA) is 109 Å². The van der Waals surface area contributed by atoms with Gasteiger partial charge in [-0.2, -0.15) is 5.26 Å². The molecule has 1 heterocycles. The Balaban J connectivity index is 2.18. The fraction of sp³-hybridized carbons (Fsp3) is 0.400. The Kier molecular flexibility index (Phi) is 5.69. The molecule has 27 heavy (non-hydrogen) atoms. The summed E-state index contributed by atoms with van der Waals surface area (Å²) in [6, 6.07) is 8.11. The number of rotatable bonds is 5. The largest absolute Gasteiger partial charge is 0.449 e. The summed E-state index contributed by atoms with van der Waals surface area (Å²) in [5, 5.41) is 12.2. The quantitative estimate of drug-likeness (QED) is 0.811. The van der Waals surface area contributed by atoms with Gasteiger partial charge < -0.3 is 14.5 Å². The highest BCUT2D eigenvalue weighted by Gasteiger charge is 2.33. The van der Waals surface area contributed by atoms with Crippen molar-refractivity contribution in [1.29, 1.82) is 5.26 Å². The highest BCUT2D eigenvalue weighted by atomic mass is 16.6. The monoisotopic (exact) mass is 370 g/mol. The molecule has 1 aromatic heterocycles. The minimum Gasteiger partial charge on any atom is -0.449 e. The van der Waals surface area contributed by atoms with Gasteiger partial charge in [-0.1, -0.05) is 25.5 Å². The molecule has 0 aliphatic rings. The van der Waals surface area contributed by atoms with E-state index in [0.29, 0.717) is 5.39 Å². The summed E-state index contributed by atoms with van der Waals surface area (Å²) >= 11 is 0. The van der Waals surface area contributed by atoms with Crippen molar-refractivity contribution in [1.82, 2.24) is 5.32 Å². The highest BCUT2D eigenvalue weighted by Crippen LogP contribution is 2.17. The van der Waals surface area contributed by atoms with Gasteiger partial charge in [-0.05, 0) is 38.8 Å². The molecule has 0 saturated carbocycles. The lowest BCUT2D eigenvalue weighted by molar-refractivity contribution is -0.130. The molecule has 0 aliphatic heterocycles. The van der Waals surface area contributed by atoms with Gasteiger partial charge in [-0.25, -0.2) is 4.79 Å². The summed E-state index contributed by atoms with van der Waals surface area (Å²) in [6.45, 7) is 8.41. The van der Waals surface area contributed by atoms with Crippen LogP contribution < -0.4 is 10.7 Å². The predicted molar refractivity (Wildman–Crippen MR) is 99.1 cm³/mol. The molecule has 0 spiro atoms. The van der Waals surface area contributed by atoms with Crippen LogP contribution in [0.25, 0.3) is 11.0 Å². The van der Waals surface area contributed by atoms with Crippen LogP contribution in [0.4, 0.5) is 0 Å². The number of carbonyl (C=O) groups is 2. The van der Waals surface area contributed by atoms with Gasteiger partial charge in [0.1, 0.15) is 11.1 Å². The molecule has 7 heteroatoms. The molecule has 0 fully saturated rings. The Morgan fingerprint density at radius 1 is 1.26 bits per heavy atom. The molecule has 2 atom stereocenters. The van der Waals surface area contributed by atoms with E-state index in [2.05, 4.69) is 5.32 Å². The number of benzene rings is 1. The molecule has 2 rings (SSSR count). The summed E-state index contributed by atoms with van der Waals surface area (Å²) in [4.78, 5) is 36.8. The van der Waals surface area contributed by atoms with Crippen molar-refractivity contribution in [2.45, 2.75) is 46.3 Å². The van der Waals surface area contributed by atoms with Gasteiger partial charge in [-0.15, -0.1) is 0 Å². The Bertz CT molecular complexity index is 986. The maximum atomic E-state index is 12.3. The first-order valence-corrected chi connectivity index (χ1v) is 8.56. The third kappa shape index (κ3) is 4.34. The van der Waals surface area contributed by atoms with Crippen LogP contribution in [0.15, 0.2) is 33.5 Å². The smallest absolute Gasteiger partial charge is 0.375 e. The van der Waals surface area contributed by atoms with Crippen LogP contribution in [0.2, 0.25) is 0 Å². The second kappa shape index (κ2) is 7.62.